The van der Waals surface area contributed by atoms with E-state index in [0.29, 0.717) is 18.9 Å². The fourth-order valence-electron chi connectivity index (χ4n) is 1.19. The van der Waals surface area contributed by atoms with Crippen LogP contribution >= 0.6 is 22.7 Å². The molecule has 2 rings (SSSR count). The second-order valence-electron chi connectivity index (χ2n) is 3.29. The average Bonchev–Trinajstić information content (AvgIpc) is 3.03. The van der Waals surface area contributed by atoms with Crippen LogP contribution in [0.1, 0.15) is 10.5 Å². The van der Waals surface area contributed by atoms with Gasteiger partial charge in [0.25, 0.3) is 5.91 Å². The smallest absolute Gasteiger partial charge is 0.294 e. The molecular formula is C11H12N2O3S2. The van der Waals surface area contributed by atoms with Crippen molar-refractivity contribution in [2.75, 3.05) is 20.3 Å². The molecule has 0 atom stereocenters. The zero-order valence-corrected chi connectivity index (χ0v) is 11.3. The second-order valence-corrected chi connectivity index (χ2v) is 5.09. The molecule has 1 N–H and O–H groups in total. The molecule has 1 amide bonds. The van der Waals surface area contributed by atoms with Crippen molar-refractivity contribution in [2.45, 2.75) is 0 Å². The van der Waals surface area contributed by atoms with E-state index < -0.39 is 0 Å². The molecule has 0 fully saturated rings. The lowest BCUT2D eigenvalue weighted by atomic mass is 10.4. The number of hydrogen-bond donors (Lipinski definition) is 1. The Labute approximate surface area is 112 Å². The molecule has 0 aromatic carbocycles. The fourth-order valence-corrected chi connectivity index (χ4v) is 2.80. The van der Waals surface area contributed by atoms with Gasteiger partial charge in [0, 0.05) is 12.5 Å². The summed E-state index contributed by atoms with van der Waals surface area (Å²) in [5.74, 6) is -0.342. The van der Waals surface area contributed by atoms with Crippen LogP contribution in [0.4, 0.5) is 0 Å². The van der Waals surface area contributed by atoms with Crippen molar-refractivity contribution in [3.8, 4) is 9.88 Å². The molecule has 18 heavy (non-hydrogen) atoms. The number of nitrogens with one attached hydrogen (secondary N) is 1. The minimum atomic E-state index is -0.342. The summed E-state index contributed by atoms with van der Waals surface area (Å²) < 4.78 is 4.79. The van der Waals surface area contributed by atoms with Crippen LogP contribution < -0.4 is 5.48 Å². The normalized spacial score (nSPS) is 10.5. The summed E-state index contributed by atoms with van der Waals surface area (Å²) in [7, 11) is 1.57. The third-order valence-corrected chi connectivity index (χ3v) is 3.90. The lowest BCUT2D eigenvalue weighted by molar-refractivity contribution is 0.00862. The van der Waals surface area contributed by atoms with Crippen LogP contribution in [0.2, 0.25) is 0 Å². The maximum atomic E-state index is 11.7. The number of methoxy groups -OCH3 is 1. The van der Waals surface area contributed by atoms with Crippen LogP contribution in [0.25, 0.3) is 9.88 Å². The molecule has 5 nitrogen and oxygen atoms in total. The van der Waals surface area contributed by atoms with Gasteiger partial charge >= 0.3 is 0 Å². The van der Waals surface area contributed by atoms with Crippen LogP contribution in [0.5, 0.6) is 0 Å². The fraction of sp³-hybridized carbons (Fsp3) is 0.273. The zero-order chi connectivity index (χ0) is 12.8. The van der Waals surface area contributed by atoms with Crippen LogP contribution in [0.15, 0.2) is 22.9 Å². The van der Waals surface area contributed by atoms with E-state index in [1.807, 2.05) is 17.5 Å². The monoisotopic (exact) mass is 284 g/mol. The Morgan fingerprint density at radius 1 is 1.44 bits per heavy atom. The average molecular weight is 284 g/mol. The molecule has 2 aromatic rings. The highest BCUT2D eigenvalue weighted by atomic mass is 32.1. The van der Waals surface area contributed by atoms with Crippen molar-refractivity contribution in [1.82, 2.24) is 10.5 Å². The van der Waals surface area contributed by atoms with Crippen LogP contribution in [-0.4, -0.2) is 31.2 Å². The number of carbonyl (C=O) groups excluding carboxylic acids is 1. The Balaban J connectivity index is 1.91. The molecule has 0 saturated carbocycles. The Hall–Kier alpha value is -1.28. The van der Waals surface area contributed by atoms with Crippen molar-refractivity contribution in [3.05, 3.63) is 28.6 Å². The van der Waals surface area contributed by atoms with E-state index in [1.165, 1.54) is 11.3 Å². The first-order valence-corrected chi connectivity index (χ1v) is 6.97. The maximum absolute atomic E-state index is 11.7. The van der Waals surface area contributed by atoms with Gasteiger partial charge in [-0.2, -0.15) is 0 Å². The molecule has 7 heteroatoms. The number of ether oxygens (including phenoxy) is 1. The number of nitrogens with zero attached hydrogens (tertiary/aromatic N) is 1. The van der Waals surface area contributed by atoms with E-state index in [0.717, 1.165) is 9.88 Å². The number of amides is 1. The maximum Gasteiger partial charge on any atom is 0.294 e. The number of carbonyl (C=O) groups is 1. The molecular weight excluding hydrogens is 272 g/mol. The quantitative estimate of drug-likeness (QED) is 0.652. The van der Waals surface area contributed by atoms with Crippen molar-refractivity contribution >= 4 is 28.6 Å². The van der Waals surface area contributed by atoms with Crippen LogP contribution in [-0.2, 0) is 9.57 Å². The molecule has 0 aliphatic rings. The highest BCUT2D eigenvalue weighted by molar-refractivity contribution is 7.20. The second kappa shape index (κ2) is 6.60. The van der Waals surface area contributed by atoms with Gasteiger partial charge in [-0.15, -0.1) is 22.7 Å². The van der Waals surface area contributed by atoms with E-state index >= 15 is 0 Å². The minimum absolute atomic E-state index is 0.310. The van der Waals surface area contributed by atoms with E-state index in [2.05, 4.69) is 10.5 Å². The first kappa shape index (κ1) is 13.2. The first-order chi connectivity index (χ1) is 8.81. The SMILES string of the molecule is COCCONC(=O)c1csc(-c2cccs2)n1. The molecule has 96 valence electrons. The molecule has 2 aromatic heterocycles. The van der Waals surface area contributed by atoms with Crippen molar-refractivity contribution < 1.29 is 14.4 Å². The highest BCUT2D eigenvalue weighted by Crippen LogP contribution is 2.27. The number of thiazole rings is 1. The van der Waals surface area contributed by atoms with Gasteiger partial charge in [0.2, 0.25) is 0 Å². The topological polar surface area (TPSA) is 60.5 Å². The van der Waals surface area contributed by atoms with Crippen molar-refractivity contribution in [3.63, 3.8) is 0 Å². The molecule has 0 unspecified atom stereocenters. The summed E-state index contributed by atoms with van der Waals surface area (Å²) in [6.45, 7) is 0.738. The zero-order valence-electron chi connectivity index (χ0n) is 9.71. The Morgan fingerprint density at radius 2 is 2.33 bits per heavy atom. The number of rotatable bonds is 6. The van der Waals surface area contributed by atoms with Crippen LogP contribution in [0.3, 0.4) is 0 Å². The molecule has 2 heterocycles. The first-order valence-electron chi connectivity index (χ1n) is 5.21. The molecule has 0 aliphatic carbocycles. The van der Waals surface area contributed by atoms with Crippen molar-refractivity contribution in [1.29, 1.82) is 0 Å². The predicted octanol–water partition coefficient (Wildman–Crippen LogP) is 2.18. The Kier molecular flexibility index (Phi) is 4.82. The Bertz CT molecular complexity index is 496. The van der Waals surface area contributed by atoms with Gasteiger partial charge in [-0.05, 0) is 11.4 Å². The number of aromatic nitrogens is 1. The van der Waals surface area contributed by atoms with Gasteiger partial charge < -0.3 is 4.74 Å². The number of hydroxylamine groups is 1. The Morgan fingerprint density at radius 3 is 3.06 bits per heavy atom. The van der Waals surface area contributed by atoms with E-state index in [1.54, 1.807) is 23.8 Å². The van der Waals surface area contributed by atoms with Gasteiger partial charge in [0.05, 0.1) is 18.1 Å². The summed E-state index contributed by atoms with van der Waals surface area (Å²) in [6.07, 6.45) is 0. The third kappa shape index (κ3) is 3.36. The minimum Gasteiger partial charge on any atom is -0.382 e. The predicted molar refractivity (Wildman–Crippen MR) is 70.7 cm³/mol. The third-order valence-electron chi connectivity index (χ3n) is 2.02. The molecule has 0 saturated heterocycles. The molecule has 0 bridgehead atoms. The summed E-state index contributed by atoms with van der Waals surface area (Å²) >= 11 is 3.03. The van der Waals surface area contributed by atoms with Crippen molar-refractivity contribution in [2.24, 2.45) is 0 Å². The van der Waals surface area contributed by atoms with E-state index in [9.17, 15) is 4.79 Å². The van der Waals surface area contributed by atoms with Gasteiger partial charge in [0.15, 0.2) is 0 Å². The molecule has 0 spiro atoms. The summed E-state index contributed by atoms with van der Waals surface area (Å²) in [5, 5.41) is 4.53. The largest absolute Gasteiger partial charge is 0.382 e. The van der Waals surface area contributed by atoms with Crippen LogP contribution in [0, 0.1) is 0 Å². The lowest BCUT2D eigenvalue weighted by Gasteiger charge is -2.02. The van der Waals surface area contributed by atoms with Gasteiger partial charge in [-0.1, -0.05) is 6.07 Å². The lowest BCUT2D eigenvalue weighted by Crippen LogP contribution is -2.25. The summed E-state index contributed by atoms with van der Waals surface area (Å²) in [6, 6.07) is 3.93. The van der Waals surface area contributed by atoms with E-state index in [-0.39, 0.29) is 5.91 Å². The molecule has 0 radical (unpaired) electrons. The van der Waals surface area contributed by atoms with E-state index in [4.69, 9.17) is 9.57 Å². The van der Waals surface area contributed by atoms with Gasteiger partial charge in [0.1, 0.15) is 10.7 Å². The standard InChI is InChI=1S/C11H12N2O3S2/c1-15-4-5-16-13-10(14)8-7-18-11(12-8)9-3-2-6-17-9/h2-3,6-7H,4-5H2,1H3,(H,13,14). The number of hydrogen-bond acceptors (Lipinski definition) is 6. The molecule has 0 aliphatic heterocycles. The summed E-state index contributed by atoms with van der Waals surface area (Å²) in [5.41, 5.74) is 2.68. The highest BCUT2D eigenvalue weighted by Gasteiger charge is 2.12. The number of thiophene rings is 1. The van der Waals surface area contributed by atoms with Gasteiger partial charge in [-0.25, -0.2) is 10.5 Å². The summed E-state index contributed by atoms with van der Waals surface area (Å²) in [4.78, 5) is 21.9. The van der Waals surface area contributed by atoms with Gasteiger partial charge in [-0.3, -0.25) is 9.63 Å².